The number of phenols is 1. The zero-order valence-corrected chi connectivity index (χ0v) is 17.2. The molecule has 2 fully saturated rings. The number of fused-ring (bicyclic) bond motifs is 3. The number of aromatic hydroxyl groups is 1. The van der Waals surface area contributed by atoms with Crippen LogP contribution in [0, 0.1) is 23.7 Å². The van der Waals surface area contributed by atoms with Crippen LogP contribution in [0.1, 0.15) is 28.8 Å². The number of carbonyl (C=O) groups excluding carboxylic acids is 5. The highest BCUT2D eigenvalue weighted by atomic mass is 16.3. The van der Waals surface area contributed by atoms with Crippen molar-refractivity contribution < 1.29 is 38.6 Å². The largest absolute Gasteiger partial charge is 0.505 e. The standard InChI is InChI=1S/C23H20N2O8/c24-13-6-11(8-1-2-33-7-8)12-4-9-3-10-5-14(26)17(22(25)31)21(30)23(10,32)20(29)15(9)19(28)16(12)18(13)27/h1-2,6-7,9-10,15,17,27,32H,3-5,24H2,(H2,25,31)/t9-,10+,15?,17?,23+/m1/s1. The van der Waals surface area contributed by atoms with Crippen LogP contribution in [-0.2, 0) is 25.6 Å². The Bertz CT molecular complexity index is 1260. The minimum atomic E-state index is -2.68. The summed E-state index contributed by atoms with van der Waals surface area (Å²) < 4.78 is 5.13. The van der Waals surface area contributed by atoms with Crippen LogP contribution in [-0.4, -0.2) is 44.9 Å². The molecule has 10 heteroatoms. The highest BCUT2D eigenvalue weighted by Crippen LogP contribution is 2.51. The van der Waals surface area contributed by atoms with E-state index in [2.05, 4.69) is 0 Å². The number of aliphatic hydroxyl groups is 1. The lowest BCUT2D eigenvalue weighted by atomic mass is 9.53. The van der Waals surface area contributed by atoms with E-state index < -0.39 is 64.1 Å². The van der Waals surface area contributed by atoms with Gasteiger partial charge in [0.25, 0.3) is 0 Å². The van der Waals surface area contributed by atoms with Crippen molar-refractivity contribution in [3.05, 3.63) is 35.8 Å². The summed E-state index contributed by atoms with van der Waals surface area (Å²) in [5, 5.41) is 21.8. The monoisotopic (exact) mass is 452 g/mol. The quantitative estimate of drug-likeness (QED) is 0.279. The number of rotatable bonds is 2. The molecule has 0 spiro atoms. The Morgan fingerprint density at radius 3 is 2.52 bits per heavy atom. The fraction of sp³-hybridized carbons (Fsp3) is 0.348. The van der Waals surface area contributed by atoms with Gasteiger partial charge in [-0.3, -0.25) is 24.0 Å². The molecule has 0 aliphatic heterocycles. The van der Waals surface area contributed by atoms with Gasteiger partial charge in [0.05, 0.1) is 29.7 Å². The number of hydrogen-bond donors (Lipinski definition) is 4. The van der Waals surface area contributed by atoms with Crippen LogP contribution in [0.25, 0.3) is 11.1 Å². The third-order valence-corrected chi connectivity index (χ3v) is 7.26. The molecule has 5 rings (SSSR count). The van der Waals surface area contributed by atoms with Gasteiger partial charge in [-0.05, 0) is 42.0 Å². The lowest BCUT2D eigenvalue weighted by molar-refractivity contribution is -0.175. The third-order valence-electron chi connectivity index (χ3n) is 7.26. The molecule has 2 unspecified atom stereocenters. The van der Waals surface area contributed by atoms with Gasteiger partial charge in [0, 0.05) is 17.9 Å². The van der Waals surface area contributed by atoms with E-state index in [0.717, 1.165) is 0 Å². The second kappa shape index (κ2) is 6.85. The molecule has 10 nitrogen and oxygen atoms in total. The molecular formula is C23H20N2O8. The number of Topliss-reactive ketones (excluding diaryl/α,β-unsaturated/α-hetero) is 4. The van der Waals surface area contributed by atoms with E-state index in [1.807, 2.05) is 0 Å². The summed E-state index contributed by atoms with van der Waals surface area (Å²) in [5.41, 5.74) is 9.84. The lowest BCUT2D eigenvalue weighted by Crippen LogP contribution is -2.68. The SMILES string of the molecule is NC(=O)C1C(=O)C[C@@H]2C[C@@H]3Cc4c(-c5ccoc5)cc(N)c(O)c4C(=O)C3C(=O)[C@]2(O)C1=O. The highest BCUT2D eigenvalue weighted by molar-refractivity contribution is 6.31. The Balaban J connectivity index is 1.65. The van der Waals surface area contributed by atoms with Crippen molar-refractivity contribution >= 4 is 34.7 Å². The first kappa shape index (κ1) is 21.1. The van der Waals surface area contributed by atoms with Crippen molar-refractivity contribution in [1.29, 1.82) is 0 Å². The van der Waals surface area contributed by atoms with E-state index in [9.17, 15) is 34.2 Å². The molecule has 1 amide bonds. The van der Waals surface area contributed by atoms with E-state index in [4.69, 9.17) is 15.9 Å². The molecule has 33 heavy (non-hydrogen) atoms. The summed E-state index contributed by atoms with van der Waals surface area (Å²) in [6, 6.07) is 3.18. The highest BCUT2D eigenvalue weighted by Gasteiger charge is 2.66. The van der Waals surface area contributed by atoms with Gasteiger partial charge in [0.2, 0.25) is 5.91 Å². The molecule has 1 heterocycles. The zero-order chi connectivity index (χ0) is 23.8. The van der Waals surface area contributed by atoms with Crippen molar-refractivity contribution in [1.82, 2.24) is 0 Å². The Morgan fingerprint density at radius 2 is 1.88 bits per heavy atom. The number of primary amides is 1. The number of benzene rings is 1. The van der Waals surface area contributed by atoms with E-state index in [-0.39, 0.29) is 30.5 Å². The smallest absolute Gasteiger partial charge is 0.235 e. The van der Waals surface area contributed by atoms with E-state index in [1.165, 1.54) is 18.6 Å². The first-order chi connectivity index (χ1) is 15.6. The minimum Gasteiger partial charge on any atom is -0.505 e. The molecular weight excluding hydrogens is 432 g/mol. The molecule has 170 valence electrons. The van der Waals surface area contributed by atoms with Gasteiger partial charge < -0.3 is 26.1 Å². The number of amides is 1. The minimum absolute atomic E-state index is 0.0248. The molecule has 3 aliphatic carbocycles. The van der Waals surface area contributed by atoms with Crippen molar-refractivity contribution in [3.63, 3.8) is 0 Å². The maximum atomic E-state index is 13.5. The molecule has 2 saturated carbocycles. The predicted octanol–water partition coefficient (Wildman–Crippen LogP) is 0.169. The van der Waals surface area contributed by atoms with Gasteiger partial charge in [-0.2, -0.15) is 0 Å². The summed E-state index contributed by atoms with van der Waals surface area (Å²) in [7, 11) is 0. The fourth-order valence-corrected chi connectivity index (χ4v) is 5.73. The van der Waals surface area contributed by atoms with Crippen LogP contribution in [0.5, 0.6) is 5.75 Å². The molecule has 3 aliphatic rings. The number of nitrogen functional groups attached to an aromatic ring is 1. The van der Waals surface area contributed by atoms with Crippen molar-refractivity contribution in [3.8, 4) is 16.9 Å². The van der Waals surface area contributed by atoms with Crippen molar-refractivity contribution in [2.45, 2.75) is 24.9 Å². The van der Waals surface area contributed by atoms with Crippen molar-refractivity contribution in [2.24, 2.45) is 29.4 Å². The number of phenolic OH excluding ortho intramolecular Hbond substituents is 1. The third kappa shape index (κ3) is 2.67. The van der Waals surface area contributed by atoms with Gasteiger partial charge >= 0.3 is 0 Å². The number of nitrogens with two attached hydrogens (primary N) is 2. The van der Waals surface area contributed by atoms with Crippen LogP contribution >= 0.6 is 0 Å². The summed E-state index contributed by atoms with van der Waals surface area (Å²) in [4.78, 5) is 64.0. The molecule has 0 radical (unpaired) electrons. The van der Waals surface area contributed by atoms with Gasteiger partial charge in [-0.1, -0.05) is 0 Å². The van der Waals surface area contributed by atoms with Gasteiger partial charge in [-0.15, -0.1) is 0 Å². The van der Waals surface area contributed by atoms with E-state index in [0.29, 0.717) is 16.7 Å². The summed E-state index contributed by atoms with van der Waals surface area (Å²) in [6.07, 6.45) is 2.71. The Hall–Kier alpha value is -3.79. The first-order valence-corrected chi connectivity index (χ1v) is 10.4. The van der Waals surface area contributed by atoms with Gasteiger partial charge in [0.15, 0.2) is 34.7 Å². The number of carbonyl (C=O) groups is 5. The number of hydrogen-bond acceptors (Lipinski definition) is 9. The Labute approximate surface area is 186 Å². The van der Waals surface area contributed by atoms with Crippen LogP contribution in [0.4, 0.5) is 5.69 Å². The first-order valence-electron chi connectivity index (χ1n) is 10.4. The average molecular weight is 452 g/mol. The Morgan fingerprint density at radius 1 is 1.15 bits per heavy atom. The summed E-state index contributed by atoms with van der Waals surface area (Å²) in [5.74, 6) is -10.7. The molecule has 0 saturated heterocycles. The fourth-order valence-electron chi connectivity index (χ4n) is 5.73. The topological polar surface area (TPSA) is 191 Å². The number of ketones is 4. The maximum absolute atomic E-state index is 13.5. The average Bonchev–Trinajstić information content (AvgIpc) is 3.27. The second-order valence-corrected chi connectivity index (χ2v) is 8.97. The number of furan rings is 1. The molecule has 5 atom stereocenters. The van der Waals surface area contributed by atoms with Crippen LogP contribution in [0.15, 0.2) is 29.1 Å². The van der Waals surface area contributed by atoms with Crippen LogP contribution in [0.3, 0.4) is 0 Å². The number of anilines is 1. The van der Waals surface area contributed by atoms with Crippen LogP contribution in [0.2, 0.25) is 0 Å². The van der Waals surface area contributed by atoms with Gasteiger partial charge in [0.1, 0.15) is 5.75 Å². The van der Waals surface area contributed by atoms with E-state index >= 15 is 0 Å². The molecule has 2 aromatic rings. The molecule has 0 bridgehead atoms. The lowest BCUT2D eigenvalue weighted by Gasteiger charge is -2.48. The van der Waals surface area contributed by atoms with Gasteiger partial charge in [-0.25, -0.2) is 0 Å². The molecule has 6 N–H and O–H groups in total. The Kier molecular flexibility index (Phi) is 4.38. The zero-order valence-electron chi connectivity index (χ0n) is 17.2. The van der Waals surface area contributed by atoms with Crippen LogP contribution < -0.4 is 11.5 Å². The molecule has 1 aromatic heterocycles. The maximum Gasteiger partial charge on any atom is 0.235 e. The summed E-state index contributed by atoms with van der Waals surface area (Å²) in [6.45, 7) is 0. The van der Waals surface area contributed by atoms with E-state index in [1.54, 1.807) is 6.07 Å². The predicted molar refractivity (Wildman–Crippen MR) is 111 cm³/mol. The second-order valence-electron chi connectivity index (χ2n) is 8.97. The summed E-state index contributed by atoms with van der Waals surface area (Å²) >= 11 is 0. The van der Waals surface area contributed by atoms with Crippen molar-refractivity contribution in [2.75, 3.05) is 5.73 Å². The molecule has 1 aromatic carbocycles. The normalized spacial score (nSPS) is 31.1.